The first-order valence-electron chi connectivity index (χ1n) is 10.5. The number of rotatable bonds is 3. The average Bonchev–Trinajstić information content (AvgIpc) is 3.39. The Morgan fingerprint density at radius 2 is 1.93 bits per heavy atom. The van der Waals surface area contributed by atoms with E-state index in [1.807, 2.05) is 4.90 Å². The number of hydrogen-bond acceptors (Lipinski definition) is 5. The molecule has 1 aromatic heterocycles. The van der Waals surface area contributed by atoms with Crippen LogP contribution in [0.2, 0.25) is 0 Å². The fraction of sp³-hybridized carbons (Fsp3) is 0.333. The molecule has 6 heteroatoms. The predicted molar refractivity (Wildman–Crippen MR) is 120 cm³/mol. The van der Waals surface area contributed by atoms with Crippen LogP contribution in [0.1, 0.15) is 39.7 Å². The monoisotopic (exact) mass is 418 g/mol. The van der Waals surface area contributed by atoms with Crippen molar-refractivity contribution in [2.45, 2.75) is 45.3 Å². The zero-order valence-electron chi connectivity index (χ0n) is 17.3. The zero-order valence-corrected chi connectivity index (χ0v) is 18.1. The first kappa shape index (κ1) is 19.4. The van der Waals surface area contributed by atoms with Crippen LogP contribution in [0.15, 0.2) is 48.5 Å². The van der Waals surface area contributed by atoms with Gasteiger partial charge in [0.1, 0.15) is 11.0 Å². The van der Waals surface area contributed by atoms with E-state index in [9.17, 15) is 4.79 Å². The normalized spacial score (nSPS) is 20.9. The molecule has 2 N–H and O–H groups in total. The van der Waals surface area contributed by atoms with Gasteiger partial charge in [0, 0.05) is 23.5 Å². The third-order valence-corrected chi connectivity index (χ3v) is 7.38. The third kappa shape index (κ3) is 3.67. The molecule has 0 saturated carbocycles. The topological polar surface area (TPSA) is 57.3 Å². The van der Waals surface area contributed by atoms with E-state index < -0.39 is 0 Å². The molecule has 1 saturated heterocycles. The van der Waals surface area contributed by atoms with Crippen molar-refractivity contribution in [2.24, 2.45) is 0 Å². The second-order valence-corrected chi connectivity index (χ2v) is 9.28. The lowest BCUT2D eigenvalue weighted by molar-refractivity contribution is -0.134. The number of nitrogens with one attached hydrogen (secondary N) is 2. The number of thiazole rings is 1. The molecule has 2 aliphatic heterocycles. The Labute approximate surface area is 181 Å². The van der Waals surface area contributed by atoms with Crippen molar-refractivity contribution < 1.29 is 4.79 Å². The average molecular weight is 419 g/mol. The Kier molecular flexibility index (Phi) is 5.15. The molecular weight excluding hydrogens is 392 g/mol. The number of hydrazine groups is 1. The summed E-state index contributed by atoms with van der Waals surface area (Å²) in [6.45, 7) is 5.65. The number of nitrogens with zero attached hydrogens (tertiary/aromatic N) is 2. The van der Waals surface area contributed by atoms with Crippen molar-refractivity contribution >= 4 is 17.2 Å². The molecule has 1 fully saturated rings. The fourth-order valence-corrected chi connectivity index (χ4v) is 5.55. The Balaban J connectivity index is 1.29. The number of carbonyl (C=O) groups excluding carboxylic acids is 1. The van der Waals surface area contributed by atoms with Crippen LogP contribution in [0, 0.1) is 13.8 Å². The molecule has 3 heterocycles. The van der Waals surface area contributed by atoms with Gasteiger partial charge in [-0.1, -0.05) is 48.0 Å². The van der Waals surface area contributed by atoms with Gasteiger partial charge in [0.15, 0.2) is 0 Å². The molecule has 0 spiro atoms. The summed E-state index contributed by atoms with van der Waals surface area (Å²) in [5.41, 5.74) is 12.7. The van der Waals surface area contributed by atoms with Gasteiger partial charge in [-0.25, -0.2) is 15.8 Å². The van der Waals surface area contributed by atoms with Crippen LogP contribution in [0.5, 0.6) is 0 Å². The minimum Gasteiger partial charge on any atom is -0.337 e. The van der Waals surface area contributed by atoms with Gasteiger partial charge in [-0.3, -0.25) is 4.79 Å². The van der Waals surface area contributed by atoms with Crippen LogP contribution in [-0.2, 0) is 17.8 Å². The maximum absolute atomic E-state index is 13.1. The van der Waals surface area contributed by atoms with Crippen molar-refractivity contribution in [3.05, 3.63) is 75.8 Å². The Hall–Kier alpha value is -2.54. The molecule has 3 aromatic rings. The summed E-state index contributed by atoms with van der Waals surface area (Å²) in [7, 11) is 0. The standard InChI is InChI=1S/C24H26N4OS/c1-15-6-5-9-18(12-15)23-25-16(2)22(30-23)20-13-21(27-26-20)24(29)28-11-10-17-7-3-4-8-19(17)14-28/h3-9,12,20-21,26-27H,10-11,13-14H2,1-2H3. The highest BCUT2D eigenvalue weighted by Crippen LogP contribution is 2.35. The van der Waals surface area contributed by atoms with Crippen molar-refractivity contribution in [1.29, 1.82) is 0 Å². The van der Waals surface area contributed by atoms with Crippen LogP contribution in [0.25, 0.3) is 10.6 Å². The number of aromatic nitrogens is 1. The lowest BCUT2D eigenvalue weighted by atomic mass is 9.98. The first-order chi connectivity index (χ1) is 14.6. The number of carbonyl (C=O) groups is 1. The highest BCUT2D eigenvalue weighted by molar-refractivity contribution is 7.15. The Morgan fingerprint density at radius 3 is 2.77 bits per heavy atom. The molecular formula is C24H26N4OS. The quantitative estimate of drug-likeness (QED) is 0.677. The molecule has 2 atom stereocenters. The molecule has 2 unspecified atom stereocenters. The molecule has 0 aliphatic carbocycles. The van der Waals surface area contributed by atoms with Crippen LogP contribution in [-0.4, -0.2) is 28.4 Å². The maximum Gasteiger partial charge on any atom is 0.241 e. The molecule has 5 nitrogen and oxygen atoms in total. The molecule has 5 rings (SSSR count). The van der Waals surface area contributed by atoms with Gasteiger partial charge in [0.25, 0.3) is 0 Å². The lowest BCUT2D eigenvalue weighted by Crippen LogP contribution is -2.47. The van der Waals surface area contributed by atoms with Crippen molar-refractivity contribution in [1.82, 2.24) is 20.7 Å². The summed E-state index contributed by atoms with van der Waals surface area (Å²) >= 11 is 1.72. The van der Waals surface area contributed by atoms with Crippen LogP contribution in [0.4, 0.5) is 0 Å². The molecule has 30 heavy (non-hydrogen) atoms. The summed E-state index contributed by atoms with van der Waals surface area (Å²) in [4.78, 5) is 21.1. The Morgan fingerprint density at radius 1 is 1.10 bits per heavy atom. The van der Waals surface area contributed by atoms with E-state index in [-0.39, 0.29) is 18.0 Å². The first-order valence-corrected chi connectivity index (χ1v) is 11.3. The summed E-state index contributed by atoms with van der Waals surface area (Å²) in [5.74, 6) is 0.181. The number of benzene rings is 2. The lowest BCUT2D eigenvalue weighted by Gasteiger charge is -2.30. The summed E-state index contributed by atoms with van der Waals surface area (Å²) in [5, 5.41) is 1.04. The van der Waals surface area contributed by atoms with Gasteiger partial charge in [0.2, 0.25) is 5.91 Å². The third-order valence-electron chi connectivity index (χ3n) is 6.06. The van der Waals surface area contributed by atoms with Gasteiger partial charge in [-0.15, -0.1) is 11.3 Å². The van der Waals surface area contributed by atoms with E-state index in [1.54, 1.807) is 11.3 Å². The predicted octanol–water partition coefficient (Wildman–Crippen LogP) is 3.92. The highest BCUT2D eigenvalue weighted by atomic mass is 32.1. The molecule has 0 bridgehead atoms. The summed E-state index contributed by atoms with van der Waals surface area (Å²) in [6, 6.07) is 16.8. The highest BCUT2D eigenvalue weighted by Gasteiger charge is 2.35. The number of fused-ring (bicyclic) bond motifs is 1. The maximum atomic E-state index is 13.1. The van der Waals surface area contributed by atoms with Crippen LogP contribution < -0.4 is 10.9 Å². The molecule has 154 valence electrons. The van der Waals surface area contributed by atoms with Crippen LogP contribution >= 0.6 is 11.3 Å². The van der Waals surface area contributed by atoms with E-state index in [4.69, 9.17) is 4.98 Å². The Bertz CT molecular complexity index is 1090. The number of amides is 1. The molecule has 2 aromatic carbocycles. The van der Waals surface area contributed by atoms with Crippen molar-refractivity contribution in [3.8, 4) is 10.6 Å². The van der Waals surface area contributed by atoms with Gasteiger partial charge < -0.3 is 4.90 Å². The van der Waals surface area contributed by atoms with Gasteiger partial charge in [0.05, 0.1) is 11.7 Å². The second kappa shape index (κ2) is 7.95. The van der Waals surface area contributed by atoms with E-state index >= 15 is 0 Å². The van der Waals surface area contributed by atoms with Gasteiger partial charge in [-0.2, -0.15) is 0 Å². The number of hydrogen-bond donors (Lipinski definition) is 2. The van der Waals surface area contributed by atoms with E-state index in [1.165, 1.54) is 21.6 Å². The number of aryl methyl sites for hydroxylation is 2. The largest absolute Gasteiger partial charge is 0.337 e. The van der Waals surface area contributed by atoms with Crippen LogP contribution in [0.3, 0.4) is 0 Å². The SMILES string of the molecule is Cc1cccc(-c2nc(C)c(C3CC(C(=O)N4CCc5ccccc5C4)NN3)s2)c1. The summed E-state index contributed by atoms with van der Waals surface area (Å²) in [6.07, 6.45) is 1.67. The summed E-state index contributed by atoms with van der Waals surface area (Å²) < 4.78 is 0. The van der Waals surface area contributed by atoms with Gasteiger partial charge >= 0.3 is 0 Å². The second-order valence-electron chi connectivity index (χ2n) is 8.25. The minimum absolute atomic E-state index is 0.104. The molecule has 2 aliphatic rings. The molecule has 1 amide bonds. The van der Waals surface area contributed by atoms with E-state index in [2.05, 4.69) is 73.2 Å². The molecule has 0 radical (unpaired) electrons. The van der Waals surface area contributed by atoms with Crippen molar-refractivity contribution in [2.75, 3.05) is 6.54 Å². The smallest absolute Gasteiger partial charge is 0.241 e. The fourth-order valence-electron chi connectivity index (χ4n) is 4.43. The van der Waals surface area contributed by atoms with Crippen molar-refractivity contribution in [3.63, 3.8) is 0 Å². The minimum atomic E-state index is -0.204. The van der Waals surface area contributed by atoms with E-state index in [0.717, 1.165) is 35.7 Å². The van der Waals surface area contributed by atoms with Gasteiger partial charge in [-0.05, 0) is 43.9 Å². The van der Waals surface area contributed by atoms with E-state index in [0.29, 0.717) is 6.54 Å². The zero-order chi connectivity index (χ0) is 20.7.